The molecule has 320 valence electrons. The number of aliphatic hydroxyl groups is 2. The summed E-state index contributed by atoms with van der Waals surface area (Å²) in [5, 5.41) is 50.0. The summed E-state index contributed by atoms with van der Waals surface area (Å²) >= 11 is 0. The molecule has 0 aliphatic carbocycles. The molecule has 0 fully saturated rings. The number of Topliss-reactive ketones (excluding diaryl/α,β-unsaturated/α-hetero) is 2. The molecule has 5 aromatic carbocycles. The Labute approximate surface area is 355 Å². The first-order chi connectivity index (χ1) is 28.8. The minimum absolute atomic E-state index is 0.0243. The van der Waals surface area contributed by atoms with E-state index < -0.39 is 40.7 Å². The molecule has 0 radical (unpaired) electrons. The number of benzene rings is 5. The standard InChI is InChI=1S/C29H35NO3.C20H18O8/c1-21(2)30(22(3)4)18-17-26(24-13-9-6-10-14-24)27-19-25(29(31)32)15-16-28(27)33-20-23-11-7-5-8-12-23;1-11-3-7-13(8-4-11)15(21)19(27,17(23)24)20(28,18(25)26)16(22)14-9-5-12(2)6-10-14/h5-16,19,21-22,26H,17-18,20H2,1-4H3,(H,31,32);3-10,27-28H,1-2H3,(H,23,24)(H,25,26). The highest BCUT2D eigenvalue weighted by atomic mass is 16.5. The number of hydrogen-bond acceptors (Lipinski definition) is 9. The van der Waals surface area contributed by atoms with E-state index in [1.54, 1.807) is 32.0 Å². The van der Waals surface area contributed by atoms with Gasteiger partial charge in [0.15, 0.2) is 0 Å². The summed E-state index contributed by atoms with van der Waals surface area (Å²) in [5.41, 5.74) is -3.83. The summed E-state index contributed by atoms with van der Waals surface area (Å²) < 4.78 is 6.26. The van der Waals surface area contributed by atoms with Gasteiger partial charge in [0.1, 0.15) is 12.4 Å². The van der Waals surface area contributed by atoms with Gasteiger partial charge in [-0.2, -0.15) is 0 Å². The molecule has 0 saturated heterocycles. The van der Waals surface area contributed by atoms with Gasteiger partial charge in [0, 0.05) is 34.7 Å². The molecule has 12 heteroatoms. The monoisotopic (exact) mass is 831 g/mol. The lowest BCUT2D eigenvalue weighted by Gasteiger charge is -2.34. The zero-order valence-corrected chi connectivity index (χ0v) is 35.1. The number of aromatic carboxylic acids is 1. The van der Waals surface area contributed by atoms with E-state index >= 15 is 0 Å². The van der Waals surface area contributed by atoms with Gasteiger partial charge in [-0.15, -0.1) is 0 Å². The van der Waals surface area contributed by atoms with Crippen molar-refractivity contribution in [3.05, 3.63) is 172 Å². The van der Waals surface area contributed by atoms with Crippen LogP contribution in [0.3, 0.4) is 0 Å². The number of rotatable bonds is 18. The predicted molar refractivity (Wildman–Crippen MR) is 230 cm³/mol. The number of carbonyl (C=O) groups excluding carboxylic acids is 2. The highest BCUT2D eigenvalue weighted by Gasteiger charge is 2.69. The van der Waals surface area contributed by atoms with Crippen molar-refractivity contribution in [2.75, 3.05) is 6.54 Å². The molecule has 0 bridgehead atoms. The lowest BCUT2D eigenvalue weighted by molar-refractivity contribution is -0.187. The van der Waals surface area contributed by atoms with E-state index in [9.17, 15) is 49.5 Å². The minimum Gasteiger partial charge on any atom is -0.489 e. The zero-order chi connectivity index (χ0) is 45.1. The molecule has 0 aliphatic heterocycles. The van der Waals surface area contributed by atoms with E-state index in [4.69, 9.17) is 4.74 Å². The van der Waals surface area contributed by atoms with Crippen LogP contribution in [0.25, 0.3) is 0 Å². The van der Waals surface area contributed by atoms with Crippen LogP contribution in [0.15, 0.2) is 127 Å². The molecule has 5 aromatic rings. The number of ketones is 2. The Balaban J connectivity index is 0.000000272. The van der Waals surface area contributed by atoms with Crippen LogP contribution in [0.4, 0.5) is 0 Å². The molecule has 5 N–H and O–H groups in total. The fourth-order valence-corrected chi connectivity index (χ4v) is 7.06. The summed E-state index contributed by atoms with van der Waals surface area (Å²) in [4.78, 5) is 63.4. The van der Waals surface area contributed by atoms with Crippen LogP contribution in [0.5, 0.6) is 5.75 Å². The molecule has 3 unspecified atom stereocenters. The van der Waals surface area contributed by atoms with Gasteiger partial charge < -0.3 is 30.3 Å². The second-order valence-electron chi connectivity index (χ2n) is 15.4. The van der Waals surface area contributed by atoms with Gasteiger partial charge in [-0.05, 0) is 83.8 Å². The van der Waals surface area contributed by atoms with E-state index in [-0.39, 0.29) is 22.6 Å². The maximum Gasteiger partial charge on any atom is 0.348 e. The fraction of sp³-hybridized carbons (Fsp3) is 0.286. The number of ether oxygens (including phenoxy) is 1. The topological polar surface area (TPSA) is 199 Å². The fourth-order valence-electron chi connectivity index (χ4n) is 7.06. The maximum absolute atomic E-state index is 12.8. The first-order valence-corrected chi connectivity index (χ1v) is 19.8. The normalized spacial score (nSPS) is 13.6. The summed E-state index contributed by atoms with van der Waals surface area (Å²) in [6.45, 7) is 13.6. The Hall–Kier alpha value is -6.47. The number of aryl methyl sites for hydroxylation is 2. The molecule has 0 amide bonds. The Morgan fingerprint density at radius 2 is 1.02 bits per heavy atom. The van der Waals surface area contributed by atoms with Crippen LogP contribution >= 0.6 is 0 Å². The molecular weight excluding hydrogens is 779 g/mol. The first-order valence-electron chi connectivity index (χ1n) is 19.8. The molecule has 0 saturated carbocycles. The molecule has 0 spiro atoms. The average Bonchev–Trinajstić information content (AvgIpc) is 3.24. The van der Waals surface area contributed by atoms with Crippen LogP contribution in [0.1, 0.15) is 98.9 Å². The van der Waals surface area contributed by atoms with Gasteiger partial charge in [0.25, 0.3) is 11.2 Å². The molecule has 0 aliphatic rings. The number of hydrogen-bond donors (Lipinski definition) is 5. The van der Waals surface area contributed by atoms with E-state index in [0.29, 0.717) is 29.8 Å². The molecule has 0 heterocycles. The largest absolute Gasteiger partial charge is 0.489 e. The Bertz CT molecular complexity index is 2200. The average molecular weight is 832 g/mol. The lowest BCUT2D eigenvalue weighted by Crippen LogP contribution is -2.71. The van der Waals surface area contributed by atoms with E-state index in [0.717, 1.165) is 59.7 Å². The van der Waals surface area contributed by atoms with Crippen molar-refractivity contribution in [1.29, 1.82) is 0 Å². The molecule has 3 atom stereocenters. The quantitative estimate of drug-likeness (QED) is 0.0429. The Morgan fingerprint density at radius 3 is 1.43 bits per heavy atom. The molecule has 5 rings (SSSR count). The Kier molecular flexibility index (Phi) is 16.0. The summed E-state index contributed by atoms with van der Waals surface area (Å²) in [6, 6.07) is 36.8. The van der Waals surface area contributed by atoms with Crippen LogP contribution in [-0.4, -0.2) is 89.7 Å². The van der Waals surface area contributed by atoms with E-state index in [1.165, 1.54) is 24.3 Å². The van der Waals surface area contributed by atoms with Crippen LogP contribution in [-0.2, 0) is 16.2 Å². The van der Waals surface area contributed by atoms with Crippen molar-refractivity contribution in [2.24, 2.45) is 0 Å². The number of carboxylic acid groups (broad SMARTS) is 3. The van der Waals surface area contributed by atoms with Gasteiger partial charge in [-0.1, -0.05) is 120 Å². The van der Waals surface area contributed by atoms with Gasteiger partial charge in [0.2, 0.25) is 11.6 Å². The SMILES string of the molecule is CC(C)N(CCC(c1ccccc1)c1cc(C(=O)O)ccc1OCc1ccccc1)C(C)C.Cc1ccc(C(=O)C(O)(C(=O)O)C(O)(C(=O)O)C(=O)c2ccc(C)cc2)cc1. The molecule has 61 heavy (non-hydrogen) atoms. The van der Waals surface area contributed by atoms with Gasteiger partial charge in [0.05, 0.1) is 5.56 Å². The van der Waals surface area contributed by atoms with Crippen molar-refractivity contribution in [3.63, 3.8) is 0 Å². The number of nitrogens with zero attached hydrogens (tertiary/aromatic N) is 1. The molecule has 12 nitrogen and oxygen atoms in total. The van der Waals surface area contributed by atoms with Crippen molar-refractivity contribution in [1.82, 2.24) is 4.90 Å². The third-order valence-electron chi connectivity index (χ3n) is 10.5. The van der Waals surface area contributed by atoms with Crippen molar-refractivity contribution in [2.45, 2.75) is 83.8 Å². The third kappa shape index (κ3) is 11.0. The van der Waals surface area contributed by atoms with E-state index in [1.807, 2.05) is 48.5 Å². The summed E-state index contributed by atoms with van der Waals surface area (Å²) in [6.07, 6.45) is 0.866. The summed E-state index contributed by atoms with van der Waals surface area (Å²) in [7, 11) is 0. The smallest absolute Gasteiger partial charge is 0.348 e. The van der Waals surface area contributed by atoms with Crippen LogP contribution in [0.2, 0.25) is 0 Å². The van der Waals surface area contributed by atoms with Gasteiger partial charge in [-0.3, -0.25) is 14.5 Å². The number of carboxylic acids is 3. The zero-order valence-electron chi connectivity index (χ0n) is 35.1. The molecular formula is C49H53NO11. The lowest BCUT2D eigenvalue weighted by atomic mass is 9.73. The van der Waals surface area contributed by atoms with Crippen LogP contribution in [0, 0.1) is 13.8 Å². The van der Waals surface area contributed by atoms with E-state index in [2.05, 4.69) is 44.7 Å². The van der Waals surface area contributed by atoms with Crippen molar-refractivity contribution < 1.29 is 54.2 Å². The van der Waals surface area contributed by atoms with Crippen molar-refractivity contribution >= 4 is 29.5 Å². The number of carbonyl (C=O) groups is 5. The Morgan fingerprint density at radius 1 is 0.590 bits per heavy atom. The highest BCUT2D eigenvalue weighted by Crippen LogP contribution is 2.37. The predicted octanol–water partition coefficient (Wildman–Crippen LogP) is 7.61. The molecule has 0 aromatic heterocycles. The van der Waals surface area contributed by atoms with Crippen molar-refractivity contribution in [3.8, 4) is 5.75 Å². The summed E-state index contributed by atoms with van der Waals surface area (Å²) in [5.74, 6) is -8.18. The highest BCUT2D eigenvalue weighted by molar-refractivity contribution is 6.28. The van der Waals surface area contributed by atoms with Crippen LogP contribution < -0.4 is 4.74 Å². The third-order valence-corrected chi connectivity index (χ3v) is 10.5. The van der Waals surface area contributed by atoms with Gasteiger partial charge in [-0.25, -0.2) is 14.4 Å². The minimum atomic E-state index is -3.96. The number of aliphatic carboxylic acids is 2. The first kappa shape index (κ1) is 47.2. The second kappa shape index (κ2) is 20.7. The van der Waals surface area contributed by atoms with Gasteiger partial charge >= 0.3 is 17.9 Å². The second-order valence-corrected chi connectivity index (χ2v) is 15.4. The maximum atomic E-state index is 12.8.